The molecule has 1 heterocycles. The Labute approximate surface area is 167 Å². The molecular weight excluding hydrogens is 350 g/mol. The highest BCUT2D eigenvalue weighted by Gasteiger charge is 2.22. The molecule has 1 aliphatic rings. The maximum Gasteiger partial charge on any atom is 0.255 e. The van der Waals surface area contributed by atoms with E-state index in [1.54, 1.807) is 24.5 Å². The fraction of sp³-hybridized carbons (Fsp3) is 0.435. The number of nitrogens with one attached hydrogen (secondary N) is 2. The average Bonchev–Trinajstić information content (AvgIpc) is 2.69. The van der Waals surface area contributed by atoms with Crippen molar-refractivity contribution < 1.29 is 9.59 Å². The Morgan fingerprint density at radius 1 is 1.11 bits per heavy atom. The van der Waals surface area contributed by atoms with Crippen LogP contribution in [0.5, 0.6) is 0 Å². The number of hydrogen-bond donors (Lipinski definition) is 2. The van der Waals surface area contributed by atoms with Crippen molar-refractivity contribution in [2.45, 2.75) is 52.0 Å². The summed E-state index contributed by atoms with van der Waals surface area (Å²) in [4.78, 5) is 28.5. The molecule has 2 aromatic rings. The van der Waals surface area contributed by atoms with E-state index in [2.05, 4.69) is 22.5 Å². The average molecular weight is 380 g/mol. The molecule has 1 fully saturated rings. The minimum atomic E-state index is -0.168. The lowest BCUT2D eigenvalue weighted by molar-refractivity contribution is -0.123. The normalized spacial score (nSPS) is 20.2. The zero-order valence-electron chi connectivity index (χ0n) is 16.7. The van der Waals surface area contributed by atoms with E-state index < -0.39 is 0 Å². The summed E-state index contributed by atoms with van der Waals surface area (Å²) >= 11 is 0. The number of carbonyl (C=O) groups excluding carboxylic acids is 2. The van der Waals surface area contributed by atoms with Gasteiger partial charge in [-0.3, -0.25) is 14.6 Å². The van der Waals surface area contributed by atoms with Crippen molar-refractivity contribution in [1.82, 2.24) is 10.3 Å². The van der Waals surface area contributed by atoms with Gasteiger partial charge in [0.05, 0.1) is 6.04 Å². The van der Waals surface area contributed by atoms with Crippen LogP contribution in [0.25, 0.3) is 0 Å². The first kappa shape index (κ1) is 20.1. The summed E-state index contributed by atoms with van der Waals surface area (Å²) in [5, 5.41) is 5.98. The highest BCUT2D eigenvalue weighted by Crippen LogP contribution is 2.30. The molecule has 5 nitrogen and oxygen atoms in total. The van der Waals surface area contributed by atoms with E-state index in [9.17, 15) is 9.59 Å². The summed E-state index contributed by atoms with van der Waals surface area (Å²) in [6.07, 6.45) is 8.66. The van der Waals surface area contributed by atoms with Crippen molar-refractivity contribution in [1.29, 1.82) is 0 Å². The van der Waals surface area contributed by atoms with Gasteiger partial charge in [0.2, 0.25) is 5.91 Å². The van der Waals surface area contributed by atoms with Gasteiger partial charge in [-0.25, -0.2) is 0 Å². The smallest absolute Gasteiger partial charge is 0.255 e. The van der Waals surface area contributed by atoms with Crippen LogP contribution in [-0.2, 0) is 4.79 Å². The Morgan fingerprint density at radius 2 is 1.82 bits per heavy atom. The molecule has 1 aromatic carbocycles. The van der Waals surface area contributed by atoms with Gasteiger partial charge in [-0.1, -0.05) is 31.9 Å². The summed E-state index contributed by atoms with van der Waals surface area (Å²) in [5.41, 5.74) is 2.31. The fourth-order valence-electron chi connectivity index (χ4n) is 3.95. The number of benzene rings is 1. The Morgan fingerprint density at radius 3 is 2.50 bits per heavy atom. The fourth-order valence-corrected chi connectivity index (χ4v) is 3.95. The topological polar surface area (TPSA) is 71.1 Å². The zero-order chi connectivity index (χ0) is 19.9. The molecule has 3 rings (SSSR count). The molecular formula is C23H29N3O2. The lowest BCUT2D eigenvalue weighted by Gasteiger charge is -2.26. The first-order valence-electron chi connectivity index (χ1n) is 10.1. The maximum atomic E-state index is 12.4. The van der Waals surface area contributed by atoms with Gasteiger partial charge < -0.3 is 10.6 Å². The predicted molar refractivity (Wildman–Crippen MR) is 111 cm³/mol. The number of aromatic nitrogens is 1. The van der Waals surface area contributed by atoms with E-state index >= 15 is 0 Å². The maximum absolute atomic E-state index is 12.4. The third-order valence-electron chi connectivity index (χ3n) is 5.51. The van der Waals surface area contributed by atoms with Crippen molar-refractivity contribution >= 4 is 17.5 Å². The van der Waals surface area contributed by atoms with Crippen molar-refractivity contribution in [3.05, 3.63) is 59.9 Å². The number of nitrogens with zero attached hydrogens (tertiary/aromatic N) is 1. The second-order valence-corrected chi connectivity index (χ2v) is 7.94. The highest BCUT2D eigenvalue weighted by molar-refractivity contribution is 6.04. The van der Waals surface area contributed by atoms with Gasteiger partial charge in [-0.15, -0.1) is 0 Å². The molecule has 1 aliphatic carbocycles. The minimum Gasteiger partial charge on any atom is -0.350 e. The lowest BCUT2D eigenvalue weighted by Crippen LogP contribution is -2.29. The minimum absolute atomic E-state index is 0.0570. The Kier molecular flexibility index (Phi) is 6.80. The highest BCUT2D eigenvalue weighted by atomic mass is 16.2. The van der Waals surface area contributed by atoms with Crippen LogP contribution in [0, 0.1) is 11.8 Å². The van der Waals surface area contributed by atoms with Gasteiger partial charge >= 0.3 is 0 Å². The number of amides is 2. The molecule has 0 spiro atoms. The molecule has 28 heavy (non-hydrogen) atoms. The van der Waals surface area contributed by atoms with Crippen molar-refractivity contribution in [3.8, 4) is 0 Å². The standard InChI is InChI=1S/C23H29N3O2/c1-16-4-3-5-18(14-16)15-22(27)25-17(2)19-6-8-21(9-7-19)26-23(28)20-10-12-24-13-11-20/h6-13,16-18H,3-5,14-15H2,1-2H3,(H,25,27)(H,26,28). The monoisotopic (exact) mass is 379 g/mol. The Hall–Kier alpha value is -2.69. The first-order chi connectivity index (χ1) is 13.5. The Balaban J connectivity index is 1.51. The van der Waals surface area contributed by atoms with Gasteiger partial charge in [0.25, 0.3) is 5.91 Å². The predicted octanol–water partition coefficient (Wildman–Crippen LogP) is 4.73. The number of carbonyl (C=O) groups is 2. The summed E-state index contributed by atoms with van der Waals surface area (Å²) in [5.74, 6) is 1.21. The summed E-state index contributed by atoms with van der Waals surface area (Å²) < 4.78 is 0. The number of pyridine rings is 1. The molecule has 1 saturated carbocycles. The van der Waals surface area contributed by atoms with Crippen molar-refractivity contribution in [2.75, 3.05) is 5.32 Å². The van der Waals surface area contributed by atoms with E-state index in [1.807, 2.05) is 31.2 Å². The summed E-state index contributed by atoms with van der Waals surface area (Å²) in [7, 11) is 0. The van der Waals surface area contributed by atoms with Crippen LogP contribution in [0.15, 0.2) is 48.8 Å². The van der Waals surface area contributed by atoms with Crippen molar-refractivity contribution in [3.63, 3.8) is 0 Å². The third-order valence-corrected chi connectivity index (χ3v) is 5.51. The number of rotatable bonds is 6. The SMILES string of the molecule is CC1CCCC(CC(=O)NC(C)c2ccc(NC(=O)c3ccncc3)cc2)C1. The second kappa shape index (κ2) is 9.49. The van der Waals surface area contributed by atoms with E-state index in [0.717, 1.165) is 30.0 Å². The molecule has 1 aromatic heterocycles. The van der Waals surface area contributed by atoms with Crippen LogP contribution >= 0.6 is 0 Å². The van der Waals surface area contributed by atoms with Gasteiger partial charge in [0.1, 0.15) is 0 Å². The first-order valence-corrected chi connectivity index (χ1v) is 10.1. The third kappa shape index (κ3) is 5.65. The summed E-state index contributed by atoms with van der Waals surface area (Å²) in [6.45, 7) is 4.27. The number of anilines is 1. The molecule has 3 unspecified atom stereocenters. The van der Waals surface area contributed by atoms with Crippen molar-refractivity contribution in [2.24, 2.45) is 11.8 Å². The molecule has 0 aliphatic heterocycles. The van der Waals surface area contributed by atoms with Gasteiger partial charge in [0.15, 0.2) is 0 Å². The van der Waals surface area contributed by atoms with Crippen LogP contribution in [0.3, 0.4) is 0 Å². The van der Waals surface area contributed by atoms with Gasteiger partial charge in [-0.2, -0.15) is 0 Å². The van der Waals surface area contributed by atoms with Crippen LogP contribution < -0.4 is 10.6 Å². The second-order valence-electron chi connectivity index (χ2n) is 7.94. The van der Waals surface area contributed by atoms with Crippen LogP contribution in [-0.4, -0.2) is 16.8 Å². The van der Waals surface area contributed by atoms with Gasteiger partial charge in [-0.05, 0) is 61.4 Å². The van der Waals surface area contributed by atoms with E-state index in [-0.39, 0.29) is 17.9 Å². The molecule has 0 radical (unpaired) electrons. The van der Waals surface area contributed by atoms with E-state index in [1.165, 1.54) is 12.8 Å². The van der Waals surface area contributed by atoms with E-state index in [0.29, 0.717) is 17.9 Å². The molecule has 148 valence electrons. The Bertz CT molecular complexity index is 789. The van der Waals surface area contributed by atoms with Gasteiger partial charge in [0, 0.05) is 30.1 Å². The molecule has 2 amide bonds. The van der Waals surface area contributed by atoms with Crippen LogP contribution in [0.4, 0.5) is 5.69 Å². The molecule has 2 N–H and O–H groups in total. The lowest BCUT2D eigenvalue weighted by atomic mass is 9.80. The molecule has 3 atom stereocenters. The number of hydrogen-bond acceptors (Lipinski definition) is 3. The molecule has 0 saturated heterocycles. The quantitative estimate of drug-likeness (QED) is 0.762. The zero-order valence-corrected chi connectivity index (χ0v) is 16.7. The molecule has 0 bridgehead atoms. The molecule has 5 heteroatoms. The largest absolute Gasteiger partial charge is 0.350 e. The summed E-state index contributed by atoms with van der Waals surface area (Å²) in [6, 6.07) is 10.9. The van der Waals surface area contributed by atoms with Crippen LogP contribution in [0.1, 0.15) is 67.9 Å². The van der Waals surface area contributed by atoms with E-state index in [4.69, 9.17) is 0 Å². The van der Waals surface area contributed by atoms with Crippen LogP contribution in [0.2, 0.25) is 0 Å².